The molecule has 1 N–H and O–H groups in total. The number of thiazole rings is 1. The number of nitrogens with one attached hydrogen (secondary N) is 1. The van der Waals surface area contributed by atoms with Gasteiger partial charge in [0, 0.05) is 36.8 Å². The molecule has 102 valence electrons. The van der Waals surface area contributed by atoms with Crippen LogP contribution in [0.2, 0.25) is 0 Å². The summed E-state index contributed by atoms with van der Waals surface area (Å²) in [6, 6.07) is 1.22. The minimum Gasteiger partial charge on any atom is -0.311 e. The van der Waals surface area contributed by atoms with E-state index in [-0.39, 0.29) is 0 Å². The Bertz CT molecular complexity index is 356. The highest BCUT2D eigenvalue weighted by molar-refractivity contribution is 7.09. The zero-order valence-corrected chi connectivity index (χ0v) is 12.8. The molecule has 4 heteroatoms. The molecule has 1 aromatic heterocycles. The van der Waals surface area contributed by atoms with Crippen molar-refractivity contribution in [2.45, 2.75) is 52.7 Å². The average molecular weight is 267 g/mol. The molecule has 1 aliphatic heterocycles. The lowest BCUT2D eigenvalue weighted by Crippen LogP contribution is -2.59. The summed E-state index contributed by atoms with van der Waals surface area (Å²) in [5.41, 5.74) is 0.319. The highest BCUT2D eigenvalue weighted by Gasteiger charge is 2.33. The van der Waals surface area contributed by atoms with Gasteiger partial charge >= 0.3 is 0 Å². The number of rotatable bonds is 3. The predicted octanol–water partition coefficient (Wildman–Crippen LogP) is 2.74. The van der Waals surface area contributed by atoms with E-state index in [2.05, 4.69) is 48.3 Å². The van der Waals surface area contributed by atoms with Crippen LogP contribution in [0, 0.1) is 5.41 Å². The number of piperazine rings is 1. The van der Waals surface area contributed by atoms with Gasteiger partial charge in [-0.2, -0.15) is 0 Å². The third-order valence-electron chi connectivity index (χ3n) is 3.87. The molecule has 1 fully saturated rings. The van der Waals surface area contributed by atoms with Crippen molar-refractivity contribution in [1.29, 1.82) is 0 Å². The number of aromatic nitrogens is 1. The van der Waals surface area contributed by atoms with Gasteiger partial charge < -0.3 is 5.32 Å². The summed E-state index contributed by atoms with van der Waals surface area (Å²) in [5.74, 6) is 0. The summed E-state index contributed by atoms with van der Waals surface area (Å²) in [6.45, 7) is 12.5. The van der Waals surface area contributed by atoms with Crippen LogP contribution >= 0.6 is 11.3 Å². The van der Waals surface area contributed by atoms with E-state index in [9.17, 15) is 0 Å². The Hall–Kier alpha value is -0.450. The molecule has 1 saturated heterocycles. The van der Waals surface area contributed by atoms with Gasteiger partial charge in [0.1, 0.15) is 5.01 Å². The minimum atomic E-state index is 0.319. The molecule has 18 heavy (non-hydrogen) atoms. The molecule has 0 saturated carbocycles. The monoisotopic (exact) mass is 267 g/mol. The first kappa shape index (κ1) is 14.0. The number of hydrogen-bond acceptors (Lipinski definition) is 4. The van der Waals surface area contributed by atoms with Crippen molar-refractivity contribution in [3.05, 3.63) is 16.6 Å². The molecule has 3 nitrogen and oxygen atoms in total. The van der Waals surface area contributed by atoms with Gasteiger partial charge in [0.2, 0.25) is 0 Å². The maximum atomic E-state index is 4.42. The largest absolute Gasteiger partial charge is 0.311 e. The van der Waals surface area contributed by atoms with Crippen molar-refractivity contribution >= 4 is 11.3 Å². The Balaban J connectivity index is 2.04. The molecule has 1 aromatic rings. The molecular weight excluding hydrogens is 242 g/mol. The fraction of sp³-hybridized carbons (Fsp3) is 0.786. The second kappa shape index (κ2) is 5.68. The van der Waals surface area contributed by atoms with Crippen LogP contribution in [-0.4, -0.2) is 35.1 Å². The Morgan fingerprint density at radius 2 is 2.28 bits per heavy atom. The Labute approximate surface area is 115 Å². The molecule has 2 rings (SSSR count). The molecule has 0 bridgehead atoms. The van der Waals surface area contributed by atoms with Gasteiger partial charge in [0.25, 0.3) is 0 Å². The first-order valence-electron chi connectivity index (χ1n) is 6.86. The smallest absolute Gasteiger partial charge is 0.107 e. The highest BCUT2D eigenvalue weighted by Crippen LogP contribution is 2.25. The first-order valence-corrected chi connectivity index (χ1v) is 7.74. The number of hydrogen-bond donors (Lipinski definition) is 1. The molecule has 1 aliphatic rings. The average Bonchev–Trinajstić information content (AvgIpc) is 2.80. The quantitative estimate of drug-likeness (QED) is 0.913. The van der Waals surface area contributed by atoms with Crippen molar-refractivity contribution in [1.82, 2.24) is 15.2 Å². The summed E-state index contributed by atoms with van der Waals surface area (Å²) in [5, 5.41) is 7.02. The second-order valence-electron chi connectivity index (χ2n) is 6.24. The lowest BCUT2D eigenvalue weighted by molar-refractivity contribution is 0.0774. The minimum absolute atomic E-state index is 0.319. The highest BCUT2D eigenvalue weighted by atomic mass is 32.1. The summed E-state index contributed by atoms with van der Waals surface area (Å²) >= 11 is 1.76. The van der Waals surface area contributed by atoms with Crippen molar-refractivity contribution in [3.63, 3.8) is 0 Å². The molecule has 2 heterocycles. The molecule has 0 radical (unpaired) electrons. The topological polar surface area (TPSA) is 28.2 Å². The van der Waals surface area contributed by atoms with E-state index in [0.717, 1.165) is 19.6 Å². The van der Waals surface area contributed by atoms with Crippen LogP contribution in [0.3, 0.4) is 0 Å². The van der Waals surface area contributed by atoms with Crippen molar-refractivity contribution < 1.29 is 0 Å². The molecule has 0 aliphatic carbocycles. The van der Waals surface area contributed by atoms with Crippen molar-refractivity contribution in [2.75, 3.05) is 13.1 Å². The maximum absolute atomic E-state index is 4.42. The first-order chi connectivity index (χ1) is 8.50. The fourth-order valence-electron chi connectivity index (χ4n) is 2.54. The van der Waals surface area contributed by atoms with Crippen LogP contribution in [0.4, 0.5) is 0 Å². The van der Waals surface area contributed by atoms with E-state index >= 15 is 0 Å². The molecule has 0 amide bonds. The second-order valence-corrected chi connectivity index (χ2v) is 7.22. The van der Waals surface area contributed by atoms with Gasteiger partial charge in [0.05, 0.1) is 6.54 Å². The van der Waals surface area contributed by atoms with Crippen LogP contribution in [0.5, 0.6) is 0 Å². The van der Waals surface area contributed by atoms with Gasteiger partial charge in [-0.1, -0.05) is 27.7 Å². The molecule has 2 atom stereocenters. The maximum Gasteiger partial charge on any atom is 0.107 e. The van der Waals surface area contributed by atoms with Crippen LogP contribution in [0.25, 0.3) is 0 Å². The van der Waals surface area contributed by atoms with E-state index in [4.69, 9.17) is 0 Å². The Morgan fingerprint density at radius 1 is 1.50 bits per heavy atom. The molecule has 0 aromatic carbocycles. The normalized spacial score (nSPS) is 26.4. The van der Waals surface area contributed by atoms with E-state index in [1.807, 2.05) is 6.20 Å². The zero-order valence-electron chi connectivity index (χ0n) is 11.9. The van der Waals surface area contributed by atoms with Gasteiger partial charge in [-0.3, -0.25) is 4.90 Å². The Morgan fingerprint density at radius 3 is 2.83 bits per heavy atom. The van der Waals surface area contributed by atoms with Gasteiger partial charge in [0.15, 0.2) is 0 Å². The molecular formula is C14H25N3S. The third kappa shape index (κ3) is 3.31. The summed E-state index contributed by atoms with van der Waals surface area (Å²) in [7, 11) is 0. The zero-order chi connectivity index (χ0) is 13.2. The van der Waals surface area contributed by atoms with E-state index in [0.29, 0.717) is 17.5 Å². The molecule has 0 spiro atoms. The lowest BCUT2D eigenvalue weighted by atomic mass is 9.84. The third-order valence-corrected chi connectivity index (χ3v) is 4.64. The van der Waals surface area contributed by atoms with E-state index in [1.165, 1.54) is 11.4 Å². The van der Waals surface area contributed by atoms with Gasteiger partial charge in [-0.15, -0.1) is 11.3 Å². The van der Waals surface area contributed by atoms with Gasteiger partial charge in [-0.25, -0.2) is 4.98 Å². The van der Waals surface area contributed by atoms with Crippen molar-refractivity contribution in [2.24, 2.45) is 5.41 Å². The van der Waals surface area contributed by atoms with Crippen LogP contribution in [0.1, 0.15) is 39.1 Å². The SMILES string of the molecule is CCC1CNC(C(C)(C)C)CN1Cc1nccs1. The lowest BCUT2D eigenvalue weighted by Gasteiger charge is -2.44. The van der Waals surface area contributed by atoms with Crippen LogP contribution < -0.4 is 5.32 Å². The van der Waals surface area contributed by atoms with E-state index < -0.39 is 0 Å². The summed E-state index contributed by atoms with van der Waals surface area (Å²) in [6.07, 6.45) is 3.11. The number of nitrogens with zero attached hydrogens (tertiary/aromatic N) is 2. The standard InChI is InChI=1S/C14H25N3S/c1-5-11-8-16-12(14(2,3)4)9-17(11)10-13-15-6-7-18-13/h6-7,11-12,16H,5,8-10H2,1-4H3. The summed E-state index contributed by atoms with van der Waals surface area (Å²) in [4.78, 5) is 7.03. The predicted molar refractivity (Wildman–Crippen MR) is 77.8 cm³/mol. The fourth-order valence-corrected chi connectivity index (χ4v) is 3.18. The Kier molecular flexibility index (Phi) is 4.41. The van der Waals surface area contributed by atoms with Crippen molar-refractivity contribution in [3.8, 4) is 0 Å². The van der Waals surface area contributed by atoms with Crippen LogP contribution in [0.15, 0.2) is 11.6 Å². The van der Waals surface area contributed by atoms with Gasteiger partial charge in [-0.05, 0) is 11.8 Å². The summed E-state index contributed by atoms with van der Waals surface area (Å²) < 4.78 is 0. The molecule has 2 unspecified atom stereocenters. The van der Waals surface area contributed by atoms with E-state index in [1.54, 1.807) is 11.3 Å². The van der Waals surface area contributed by atoms with Crippen LogP contribution in [-0.2, 0) is 6.54 Å².